The first-order chi connectivity index (χ1) is 21.6. The minimum absolute atomic E-state index is 0. The summed E-state index contributed by atoms with van der Waals surface area (Å²) in [4.78, 5) is 9.71. The Kier molecular flexibility index (Phi) is 26.6. The van der Waals surface area contributed by atoms with Gasteiger partial charge in [-0.05, 0) is 152 Å². The molecule has 0 amide bonds. The maximum Gasteiger partial charge on any atom is 0.122 e. The van der Waals surface area contributed by atoms with Gasteiger partial charge in [0.2, 0.25) is 0 Å². The van der Waals surface area contributed by atoms with Crippen molar-refractivity contribution in [3.05, 3.63) is 0 Å². The van der Waals surface area contributed by atoms with Gasteiger partial charge in [0.05, 0.1) is 12.2 Å². The molecule has 1 saturated carbocycles. The minimum atomic E-state index is -0.926. The molecular formula is C42H91FN4O2. The van der Waals surface area contributed by atoms with Gasteiger partial charge < -0.3 is 14.7 Å². The van der Waals surface area contributed by atoms with Crippen molar-refractivity contribution in [2.24, 2.45) is 11.8 Å². The van der Waals surface area contributed by atoms with Crippen LogP contribution in [0.2, 0.25) is 0 Å². The topological polar surface area (TPSA) is 42.4 Å². The number of alkyl halides is 1. The quantitative estimate of drug-likeness (QED) is 0.308. The number of hydrogen-bond donors (Lipinski definition) is 1. The number of nitrogens with zero attached hydrogens (tertiary/aromatic N) is 4. The molecule has 5 heterocycles. The second-order valence-electron chi connectivity index (χ2n) is 16.8. The summed E-state index contributed by atoms with van der Waals surface area (Å²) in [7, 11) is 0. The molecule has 6 aliphatic rings. The zero-order chi connectivity index (χ0) is 34.4. The number of aliphatic hydroxyl groups is 1. The number of fused-ring (bicyclic) bond motifs is 1. The van der Waals surface area contributed by atoms with E-state index in [1.54, 1.807) is 6.92 Å². The Balaban J connectivity index is 0. The highest BCUT2D eigenvalue weighted by atomic mass is 19.1. The lowest BCUT2D eigenvalue weighted by atomic mass is 10.0. The third kappa shape index (κ3) is 18.8. The van der Waals surface area contributed by atoms with E-state index >= 15 is 0 Å². The number of β-amino-alcohol motifs (C(OH)–C–C–N with tert-alkyl or cyclic N) is 1. The summed E-state index contributed by atoms with van der Waals surface area (Å²) in [5, 5.41) is 9.11. The van der Waals surface area contributed by atoms with Gasteiger partial charge in [-0.3, -0.25) is 14.7 Å². The van der Waals surface area contributed by atoms with E-state index in [-0.39, 0.29) is 28.4 Å². The highest BCUT2D eigenvalue weighted by Gasteiger charge is 2.38. The average Bonchev–Trinajstić information content (AvgIpc) is 3.80. The van der Waals surface area contributed by atoms with Crippen molar-refractivity contribution < 1.29 is 14.2 Å². The van der Waals surface area contributed by atoms with Crippen molar-refractivity contribution in [3.63, 3.8) is 0 Å². The highest BCUT2D eigenvalue weighted by molar-refractivity contribution is 4.92. The molecule has 7 heteroatoms. The SMILES string of the molecule is C.C.C.CC(C)C1CCCO1.CC(C)N1CCC(C)(F)C1.CC(C)N1CCC(O)C1.CC(C)N1CCC2CCCC21.CC(C)N1CCCC1. The fraction of sp³-hybridized carbons (Fsp3) is 1.00. The van der Waals surface area contributed by atoms with Crippen LogP contribution in [-0.4, -0.2) is 125 Å². The lowest BCUT2D eigenvalue weighted by molar-refractivity contribution is 0.0758. The summed E-state index contributed by atoms with van der Waals surface area (Å²) in [6.45, 7) is 32.4. The summed E-state index contributed by atoms with van der Waals surface area (Å²) >= 11 is 0. The molecule has 0 spiro atoms. The number of rotatable bonds is 5. The third-order valence-electron chi connectivity index (χ3n) is 11.2. The van der Waals surface area contributed by atoms with E-state index in [1.165, 1.54) is 71.0 Å². The van der Waals surface area contributed by atoms with E-state index in [9.17, 15) is 4.39 Å². The van der Waals surface area contributed by atoms with Crippen molar-refractivity contribution >= 4 is 0 Å². The zero-order valence-corrected chi connectivity index (χ0v) is 32.4. The Labute approximate surface area is 308 Å². The molecule has 6 nitrogen and oxygen atoms in total. The zero-order valence-electron chi connectivity index (χ0n) is 32.4. The number of likely N-dealkylation sites (tertiary alicyclic amines) is 4. The number of ether oxygens (including phenoxy) is 1. The van der Waals surface area contributed by atoms with Crippen LogP contribution in [0.25, 0.3) is 0 Å². The first-order valence-electron chi connectivity index (χ1n) is 19.6. The molecule has 298 valence electrons. The molecule has 5 aliphatic heterocycles. The molecule has 5 unspecified atom stereocenters. The van der Waals surface area contributed by atoms with Crippen LogP contribution < -0.4 is 0 Å². The molecule has 1 N–H and O–H groups in total. The smallest absolute Gasteiger partial charge is 0.122 e. The van der Waals surface area contributed by atoms with E-state index in [4.69, 9.17) is 9.84 Å². The predicted molar refractivity (Wildman–Crippen MR) is 216 cm³/mol. The lowest BCUT2D eigenvalue weighted by Crippen LogP contribution is -2.35. The van der Waals surface area contributed by atoms with Crippen LogP contribution in [0, 0.1) is 11.8 Å². The van der Waals surface area contributed by atoms with Crippen molar-refractivity contribution in [2.75, 3.05) is 52.4 Å². The van der Waals surface area contributed by atoms with Gasteiger partial charge in [-0.15, -0.1) is 0 Å². The molecule has 0 radical (unpaired) electrons. The lowest BCUT2D eigenvalue weighted by Gasteiger charge is -2.27. The Hall–Kier alpha value is -0.310. The Morgan fingerprint density at radius 3 is 1.55 bits per heavy atom. The van der Waals surface area contributed by atoms with Gasteiger partial charge in [-0.2, -0.15) is 0 Å². The maximum atomic E-state index is 13.2. The Morgan fingerprint density at radius 2 is 1.22 bits per heavy atom. The van der Waals surface area contributed by atoms with E-state index < -0.39 is 5.67 Å². The fourth-order valence-corrected chi connectivity index (χ4v) is 7.94. The Bertz CT molecular complexity index is 761. The maximum absolute atomic E-state index is 13.2. The predicted octanol–water partition coefficient (Wildman–Crippen LogP) is 9.78. The molecule has 5 atom stereocenters. The minimum Gasteiger partial charge on any atom is -0.392 e. The van der Waals surface area contributed by atoms with Gasteiger partial charge in [0.1, 0.15) is 5.67 Å². The normalized spacial score (nSPS) is 30.0. The van der Waals surface area contributed by atoms with E-state index in [2.05, 4.69) is 88.8 Å². The van der Waals surface area contributed by atoms with Crippen LogP contribution in [0.1, 0.15) is 163 Å². The molecule has 1 aliphatic carbocycles. The standard InChI is InChI=1S/C10H19N.C8H16FN.C7H15NO.C7H15N.C7H14O.3CH4/c1-8(2)11-7-6-9-4-3-5-10(9)11;1-7(2)10-5-4-8(3,9)6-10;1-6(2)8-4-3-7(9)5-8;1-7(2)8-5-3-4-6-8;1-6(2)7-4-3-5-8-7;;;/h8-10H,3-7H2,1-2H3;7H,4-6H2,1-3H3;6-7,9H,3-5H2,1-2H3;7H,3-6H2,1-2H3;6-7H,3-5H2,1-2H3;3*1H4. The van der Waals surface area contributed by atoms with Crippen molar-refractivity contribution in [3.8, 4) is 0 Å². The molecule has 0 aromatic heterocycles. The van der Waals surface area contributed by atoms with E-state index in [1.807, 2.05) is 0 Å². The first-order valence-corrected chi connectivity index (χ1v) is 19.6. The summed E-state index contributed by atoms with van der Waals surface area (Å²) in [5.74, 6) is 1.79. The molecule has 0 bridgehead atoms. The summed E-state index contributed by atoms with van der Waals surface area (Å²) in [6.07, 6.45) is 13.5. The van der Waals surface area contributed by atoms with Crippen molar-refractivity contribution in [1.29, 1.82) is 0 Å². The van der Waals surface area contributed by atoms with E-state index in [0.29, 0.717) is 31.2 Å². The summed E-state index contributed by atoms with van der Waals surface area (Å²) < 4.78 is 18.6. The largest absolute Gasteiger partial charge is 0.392 e. The molecule has 5 saturated heterocycles. The van der Waals surface area contributed by atoms with Gasteiger partial charge in [0.25, 0.3) is 0 Å². The van der Waals surface area contributed by atoms with Crippen LogP contribution in [0.5, 0.6) is 0 Å². The second kappa shape index (κ2) is 25.6. The molecule has 6 rings (SSSR count). The highest BCUT2D eigenvalue weighted by Crippen LogP contribution is 2.38. The first kappa shape index (κ1) is 50.8. The van der Waals surface area contributed by atoms with Crippen LogP contribution in [-0.2, 0) is 4.74 Å². The molecular weight excluding hydrogens is 611 g/mol. The molecule has 0 aromatic rings. The van der Waals surface area contributed by atoms with Crippen molar-refractivity contribution in [1.82, 2.24) is 19.6 Å². The number of aliphatic hydroxyl groups excluding tert-OH is 1. The summed E-state index contributed by atoms with van der Waals surface area (Å²) in [5.41, 5.74) is -0.926. The molecule has 49 heavy (non-hydrogen) atoms. The number of hydrogen-bond acceptors (Lipinski definition) is 6. The van der Waals surface area contributed by atoms with Crippen LogP contribution in [0.4, 0.5) is 4.39 Å². The van der Waals surface area contributed by atoms with Gasteiger partial charge in [-0.1, -0.05) is 42.5 Å². The monoisotopic (exact) mass is 703 g/mol. The van der Waals surface area contributed by atoms with Gasteiger partial charge in [-0.25, -0.2) is 4.39 Å². The van der Waals surface area contributed by atoms with E-state index in [0.717, 1.165) is 62.6 Å². The molecule has 6 fully saturated rings. The Morgan fingerprint density at radius 1 is 0.633 bits per heavy atom. The van der Waals surface area contributed by atoms with Crippen molar-refractivity contribution in [2.45, 2.75) is 211 Å². The second-order valence-corrected chi connectivity index (χ2v) is 16.8. The van der Waals surface area contributed by atoms with Crippen LogP contribution >= 0.6 is 0 Å². The van der Waals surface area contributed by atoms with Gasteiger partial charge in [0, 0.05) is 63.0 Å². The average molecular weight is 703 g/mol. The number of halogens is 1. The van der Waals surface area contributed by atoms with Crippen LogP contribution in [0.15, 0.2) is 0 Å². The van der Waals surface area contributed by atoms with Gasteiger partial charge >= 0.3 is 0 Å². The third-order valence-corrected chi connectivity index (χ3v) is 11.2. The summed E-state index contributed by atoms with van der Waals surface area (Å²) in [6, 6.07) is 3.62. The molecule has 0 aromatic carbocycles. The van der Waals surface area contributed by atoms with Gasteiger partial charge in [0.15, 0.2) is 0 Å². The van der Waals surface area contributed by atoms with Crippen LogP contribution in [0.3, 0.4) is 0 Å². The fourth-order valence-electron chi connectivity index (χ4n) is 7.94.